The molecule has 0 spiro atoms. The SMILES string of the molecule is COc1cc2c(c(O)c1OC)CC[C@@H]1[C@@H]2CC[C@]2(C)C(O)CC[C@@H]12. The van der Waals surface area contributed by atoms with E-state index in [0.717, 1.165) is 44.1 Å². The maximum absolute atomic E-state index is 10.7. The molecule has 24 heavy (non-hydrogen) atoms. The fourth-order valence-corrected chi connectivity index (χ4v) is 5.99. The summed E-state index contributed by atoms with van der Waals surface area (Å²) in [5.41, 5.74) is 2.36. The number of aliphatic hydroxyl groups is 1. The summed E-state index contributed by atoms with van der Waals surface area (Å²) in [6, 6.07) is 2.08. The van der Waals surface area contributed by atoms with Crippen LogP contribution in [0.15, 0.2) is 6.07 Å². The average Bonchev–Trinajstić information content (AvgIpc) is 2.89. The number of rotatable bonds is 2. The van der Waals surface area contributed by atoms with Crippen LogP contribution >= 0.6 is 0 Å². The minimum Gasteiger partial charge on any atom is -0.504 e. The topological polar surface area (TPSA) is 58.9 Å². The number of phenolic OH excluding ortho intramolecular Hbond substituents is 1. The van der Waals surface area contributed by atoms with Gasteiger partial charge in [0.1, 0.15) is 0 Å². The zero-order chi connectivity index (χ0) is 17.1. The van der Waals surface area contributed by atoms with Crippen LogP contribution in [0, 0.1) is 17.3 Å². The van der Waals surface area contributed by atoms with E-state index in [0.29, 0.717) is 29.3 Å². The number of phenols is 1. The molecule has 1 unspecified atom stereocenters. The predicted octanol–water partition coefficient (Wildman–Crippen LogP) is 3.63. The fourth-order valence-electron chi connectivity index (χ4n) is 5.99. The molecule has 4 heteroatoms. The monoisotopic (exact) mass is 332 g/mol. The lowest BCUT2D eigenvalue weighted by Crippen LogP contribution is -2.43. The molecule has 2 N–H and O–H groups in total. The quantitative estimate of drug-likeness (QED) is 0.868. The fraction of sp³-hybridized carbons (Fsp3) is 0.700. The largest absolute Gasteiger partial charge is 0.504 e. The van der Waals surface area contributed by atoms with Crippen LogP contribution < -0.4 is 9.47 Å². The Kier molecular flexibility index (Phi) is 3.72. The third kappa shape index (κ3) is 2.01. The van der Waals surface area contributed by atoms with Crippen LogP contribution in [0.2, 0.25) is 0 Å². The minimum atomic E-state index is -0.149. The first-order valence-electron chi connectivity index (χ1n) is 9.16. The third-order valence-electron chi connectivity index (χ3n) is 7.30. The Bertz CT molecular complexity index is 656. The lowest BCUT2D eigenvalue weighted by atomic mass is 9.55. The molecule has 2 fully saturated rings. The van der Waals surface area contributed by atoms with E-state index < -0.39 is 0 Å². The van der Waals surface area contributed by atoms with E-state index in [1.54, 1.807) is 14.2 Å². The van der Waals surface area contributed by atoms with Crippen LogP contribution in [0.5, 0.6) is 17.2 Å². The summed E-state index contributed by atoms with van der Waals surface area (Å²) in [5, 5.41) is 21.2. The van der Waals surface area contributed by atoms with Crippen molar-refractivity contribution < 1.29 is 19.7 Å². The first-order valence-corrected chi connectivity index (χ1v) is 9.16. The zero-order valence-electron chi connectivity index (χ0n) is 14.8. The molecular formula is C20H28O4. The van der Waals surface area contributed by atoms with Crippen molar-refractivity contribution in [3.8, 4) is 17.2 Å². The van der Waals surface area contributed by atoms with Gasteiger partial charge in [0.15, 0.2) is 11.5 Å². The Labute approximate surface area is 143 Å². The van der Waals surface area contributed by atoms with Gasteiger partial charge in [-0.3, -0.25) is 0 Å². The van der Waals surface area contributed by atoms with E-state index in [4.69, 9.17) is 9.47 Å². The van der Waals surface area contributed by atoms with Gasteiger partial charge >= 0.3 is 0 Å². The Balaban J connectivity index is 1.76. The molecule has 0 aliphatic heterocycles. The van der Waals surface area contributed by atoms with Gasteiger partial charge < -0.3 is 19.7 Å². The molecular weight excluding hydrogens is 304 g/mol. The highest BCUT2D eigenvalue weighted by atomic mass is 16.5. The normalized spacial score (nSPS) is 37.3. The number of fused-ring (bicyclic) bond motifs is 5. The lowest BCUT2D eigenvalue weighted by Gasteiger charge is -2.50. The van der Waals surface area contributed by atoms with Gasteiger partial charge in [-0.25, -0.2) is 0 Å². The van der Waals surface area contributed by atoms with Crippen molar-refractivity contribution in [1.82, 2.24) is 0 Å². The highest BCUT2D eigenvalue weighted by molar-refractivity contribution is 5.60. The predicted molar refractivity (Wildman–Crippen MR) is 91.8 cm³/mol. The minimum absolute atomic E-state index is 0.0806. The van der Waals surface area contributed by atoms with E-state index in [9.17, 15) is 10.2 Å². The van der Waals surface area contributed by atoms with E-state index in [-0.39, 0.29) is 17.3 Å². The van der Waals surface area contributed by atoms with Crippen LogP contribution in [0.3, 0.4) is 0 Å². The number of ether oxygens (including phenoxy) is 2. The van der Waals surface area contributed by atoms with Crippen molar-refractivity contribution in [3.05, 3.63) is 17.2 Å². The van der Waals surface area contributed by atoms with Gasteiger partial charge in [0.2, 0.25) is 5.75 Å². The van der Waals surface area contributed by atoms with Crippen LogP contribution in [0.1, 0.15) is 56.1 Å². The molecule has 0 aromatic heterocycles. The van der Waals surface area contributed by atoms with Crippen molar-refractivity contribution in [2.24, 2.45) is 17.3 Å². The maximum Gasteiger partial charge on any atom is 0.203 e. The third-order valence-corrected chi connectivity index (χ3v) is 7.30. The van der Waals surface area contributed by atoms with Gasteiger partial charge in [-0.2, -0.15) is 0 Å². The smallest absolute Gasteiger partial charge is 0.203 e. The first-order chi connectivity index (χ1) is 11.5. The number of hydrogen-bond donors (Lipinski definition) is 2. The standard InChI is InChI=1S/C20H28O4/c1-20-9-8-11-12(15(20)6-7-17(20)21)4-5-13-14(11)10-16(23-2)19(24-3)18(13)22/h10-12,15,17,21-22H,4-9H2,1-3H3/t11-,12+,15-,17?,20-/m0/s1. The molecule has 0 saturated heterocycles. The van der Waals surface area contributed by atoms with E-state index in [1.807, 2.05) is 0 Å². The molecule has 5 atom stereocenters. The number of benzene rings is 1. The van der Waals surface area contributed by atoms with E-state index in [2.05, 4.69) is 13.0 Å². The highest BCUT2D eigenvalue weighted by Crippen LogP contribution is 2.62. The second-order valence-corrected chi connectivity index (χ2v) is 8.08. The summed E-state index contributed by atoms with van der Waals surface area (Å²) in [5.74, 6) is 2.98. The summed E-state index contributed by atoms with van der Waals surface area (Å²) in [7, 11) is 3.19. The highest BCUT2D eigenvalue weighted by Gasteiger charge is 2.54. The van der Waals surface area contributed by atoms with Gasteiger partial charge in [-0.15, -0.1) is 0 Å². The van der Waals surface area contributed by atoms with Crippen molar-refractivity contribution in [3.63, 3.8) is 0 Å². The molecule has 0 radical (unpaired) electrons. The number of aromatic hydroxyl groups is 1. The molecule has 0 amide bonds. The molecule has 3 aliphatic carbocycles. The van der Waals surface area contributed by atoms with E-state index >= 15 is 0 Å². The number of hydrogen-bond acceptors (Lipinski definition) is 4. The second-order valence-electron chi connectivity index (χ2n) is 8.08. The maximum atomic E-state index is 10.7. The van der Waals surface area contributed by atoms with Crippen LogP contribution in [-0.2, 0) is 6.42 Å². The summed E-state index contributed by atoms with van der Waals surface area (Å²) in [6.45, 7) is 2.28. The molecule has 0 bridgehead atoms. The Hall–Kier alpha value is -1.42. The number of methoxy groups -OCH3 is 2. The van der Waals surface area contributed by atoms with Crippen molar-refractivity contribution in [1.29, 1.82) is 0 Å². The average molecular weight is 332 g/mol. The lowest BCUT2D eigenvalue weighted by molar-refractivity contribution is -0.0227. The molecule has 4 rings (SSSR count). The second kappa shape index (κ2) is 5.55. The van der Waals surface area contributed by atoms with Crippen LogP contribution in [0.25, 0.3) is 0 Å². The number of aliphatic hydroxyl groups excluding tert-OH is 1. The first kappa shape index (κ1) is 16.1. The van der Waals surface area contributed by atoms with E-state index in [1.165, 1.54) is 5.56 Å². The van der Waals surface area contributed by atoms with Gasteiger partial charge in [0.25, 0.3) is 0 Å². The molecule has 4 nitrogen and oxygen atoms in total. The molecule has 3 aliphatic rings. The van der Waals surface area contributed by atoms with Gasteiger partial charge in [-0.05, 0) is 73.3 Å². The van der Waals surface area contributed by atoms with Gasteiger partial charge in [0, 0.05) is 5.56 Å². The Morgan fingerprint density at radius 1 is 1.12 bits per heavy atom. The van der Waals surface area contributed by atoms with Crippen LogP contribution in [-0.4, -0.2) is 30.5 Å². The summed E-state index contributed by atoms with van der Waals surface area (Å²) in [4.78, 5) is 0. The summed E-state index contributed by atoms with van der Waals surface area (Å²) >= 11 is 0. The van der Waals surface area contributed by atoms with Crippen molar-refractivity contribution in [2.75, 3.05) is 14.2 Å². The van der Waals surface area contributed by atoms with Gasteiger partial charge in [-0.1, -0.05) is 6.92 Å². The molecule has 1 aromatic carbocycles. The molecule has 0 heterocycles. The molecule has 132 valence electrons. The van der Waals surface area contributed by atoms with Crippen molar-refractivity contribution >= 4 is 0 Å². The Morgan fingerprint density at radius 2 is 1.92 bits per heavy atom. The van der Waals surface area contributed by atoms with Gasteiger partial charge in [0.05, 0.1) is 20.3 Å². The summed E-state index contributed by atoms with van der Waals surface area (Å²) < 4.78 is 10.8. The van der Waals surface area contributed by atoms with Crippen molar-refractivity contribution in [2.45, 2.75) is 57.5 Å². The van der Waals surface area contributed by atoms with Crippen LogP contribution in [0.4, 0.5) is 0 Å². The zero-order valence-corrected chi connectivity index (χ0v) is 14.8. The molecule has 2 saturated carbocycles. The summed E-state index contributed by atoms with van der Waals surface area (Å²) in [6.07, 6.45) is 6.04. The Morgan fingerprint density at radius 3 is 2.62 bits per heavy atom. The molecule has 1 aromatic rings.